The van der Waals surface area contributed by atoms with Crippen molar-refractivity contribution in [2.45, 2.75) is 19.4 Å². The Morgan fingerprint density at radius 1 is 1.25 bits per heavy atom. The molecule has 12 heavy (non-hydrogen) atoms. The molecule has 0 bridgehead atoms. The fourth-order valence-electron chi connectivity index (χ4n) is 0.981. The summed E-state index contributed by atoms with van der Waals surface area (Å²) in [7, 11) is 1.01. The quantitative estimate of drug-likeness (QED) is 0.516. The van der Waals surface area contributed by atoms with E-state index < -0.39 is 8.80 Å². The van der Waals surface area contributed by atoms with Crippen LogP contribution in [0.1, 0.15) is 13.3 Å². The molecule has 0 fully saturated rings. The van der Waals surface area contributed by atoms with Crippen LogP contribution in [0.15, 0.2) is 0 Å². The molecule has 0 radical (unpaired) electrons. The van der Waals surface area contributed by atoms with Gasteiger partial charge in [0, 0.05) is 32.2 Å². The molecule has 0 aliphatic heterocycles. The lowest BCUT2D eigenvalue weighted by Crippen LogP contribution is -2.43. The second-order valence-electron chi connectivity index (χ2n) is 2.32. The minimum Gasteiger partial charge on any atom is -0.377 e. The van der Waals surface area contributed by atoms with Gasteiger partial charge in [0.05, 0.1) is 0 Å². The first-order valence-corrected chi connectivity index (χ1v) is 7.10. The van der Waals surface area contributed by atoms with Crippen molar-refractivity contribution in [1.82, 2.24) is 0 Å². The van der Waals surface area contributed by atoms with Crippen LogP contribution in [0.3, 0.4) is 0 Å². The molecule has 5 heteroatoms. The second-order valence-corrected chi connectivity index (χ2v) is 6.08. The highest BCUT2D eigenvalue weighted by molar-refractivity contribution is 9.09. The molecule has 0 amide bonds. The summed E-state index contributed by atoms with van der Waals surface area (Å²) < 4.78 is 16.1. The van der Waals surface area contributed by atoms with Crippen LogP contribution in [0.2, 0.25) is 6.04 Å². The maximum atomic E-state index is 5.50. The molecule has 74 valence electrons. The van der Waals surface area contributed by atoms with E-state index in [-0.39, 0.29) is 0 Å². The monoisotopic (exact) mass is 256 g/mol. The van der Waals surface area contributed by atoms with E-state index in [0.717, 1.165) is 17.8 Å². The fourth-order valence-corrected chi connectivity index (χ4v) is 3.78. The van der Waals surface area contributed by atoms with Gasteiger partial charge in [-0.25, -0.2) is 0 Å². The van der Waals surface area contributed by atoms with Gasteiger partial charge in [0.1, 0.15) is 0 Å². The van der Waals surface area contributed by atoms with E-state index in [2.05, 4.69) is 15.9 Å². The van der Waals surface area contributed by atoms with Gasteiger partial charge >= 0.3 is 8.80 Å². The van der Waals surface area contributed by atoms with Gasteiger partial charge in [0.25, 0.3) is 0 Å². The predicted molar refractivity (Wildman–Crippen MR) is 54.6 cm³/mol. The van der Waals surface area contributed by atoms with Crippen LogP contribution in [0.5, 0.6) is 0 Å². The summed E-state index contributed by atoms with van der Waals surface area (Å²) in [5, 5.41) is 0.960. The lowest BCUT2D eigenvalue weighted by Gasteiger charge is -2.25. The first kappa shape index (κ1) is 12.6. The lowest BCUT2D eigenvalue weighted by molar-refractivity contribution is 0.104. The second kappa shape index (κ2) is 7.03. The summed E-state index contributed by atoms with van der Waals surface area (Å²) in [5.41, 5.74) is 0. The molecule has 0 aliphatic carbocycles. The van der Waals surface area contributed by atoms with Gasteiger partial charge in [-0.15, -0.1) is 0 Å². The van der Waals surface area contributed by atoms with Crippen LogP contribution in [0.4, 0.5) is 0 Å². The lowest BCUT2D eigenvalue weighted by atomic mass is 10.6. The van der Waals surface area contributed by atoms with Gasteiger partial charge in [-0.05, 0) is 13.3 Å². The SMILES string of the molecule is CCO[Si](CCCBr)(OC)OC. The Labute approximate surface area is 83.9 Å². The molecule has 0 spiro atoms. The summed E-state index contributed by atoms with van der Waals surface area (Å²) >= 11 is 3.37. The summed E-state index contributed by atoms with van der Waals surface area (Å²) in [4.78, 5) is 0. The van der Waals surface area contributed by atoms with E-state index in [4.69, 9.17) is 13.3 Å². The first-order valence-electron chi connectivity index (χ1n) is 4.05. The molecule has 0 atom stereocenters. The molecule has 0 aromatic rings. The summed E-state index contributed by atoms with van der Waals surface area (Å²) in [6.45, 7) is 2.60. The first-order chi connectivity index (χ1) is 5.74. The maximum Gasteiger partial charge on any atom is 0.500 e. The van der Waals surface area contributed by atoms with Gasteiger partial charge < -0.3 is 13.3 Å². The van der Waals surface area contributed by atoms with Crippen LogP contribution >= 0.6 is 15.9 Å². The molecule has 0 heterocycles. The standard InChI is InChI=1S/C7H17BrO3Si/c1-4-11-12(9-2,10-3)7-5-6-8/h4-7H2,1-3H3. The molecule has 0 saturated heterocycles. The van der Waals surface area contributed by atoms with E-state index in [0.29, 0.717) is 6.61 Å². The fraction of sp³-hybridized carbons (Fsp3) is 1.00. The molecular weight excluding hydrogens is 240 g/mol. The number of halogens is 1. The van der Waals surface area contributed by atoms with Crippen molar-refractivity contribution >= 4 is 24.7 Å². The van der Waals surface area contributed by atoms with Crippen molar-refractivity contribution in [3.8, 4) is 0 Å². The zero-order chi connectivity index (χ0) is 9.45. The Hall–Kier alpha value is 0.577. The van der Waals surface area contributed by atoms with Crippen LogP contribution in [-0.2, 0) is 13.3 Å². The van der Waals surface area contributed by atoms with E-state index >= 15 is 0 Å². The van der Waals surface area contributed by atoms with Gasteiger partial charge in [0.2, 0.25) is 0 Å². The molecule has 0 aromatic carbocycles. The number of rotatable bonds is 7. The normalized spacial score (nSPS) is 12.0. The third kappa shape index (κ3) is 4.00. The van der Waals surface area contributed by atoms with E-state index in [1.807, 2.05) is 6.92 Å². The van der Waals surface area contributed by atoms with Crippen LogP contribution < -0.4 is 0 Å². The van der Waals surface area contributed by atoms with Crippen molar-refractivity contribution < 1.29 is 13.3 Å². The maximum absolute atomic E-state index is 5.50. The summed E-state index contributed by atoms with van der Waals surface area (Å²) in [5.74, 6) is 0. The molecule has 0 saturated carbocycles. The van der Waals surface area contributed by atoms with Gasteiger partial charge in [-0.1, -0.05) is 15.9 Å². The molecule has 0 unspecified atom stereocenters. The topological polar surface area (TPSA) is 27.7 Å². The van der Waals surface area contributed by atoms with E-state index in [1.54, 1.807) is 14.2 Å². The van der Waals surface area contributed by atoms with Crippen molar-refractivity contribution in [3.05, 3.63) is 0 Å². The third-order valence-corrected chi connectivity index (χ3v) is 5.10. The van der Waals surface area contributed by atoms with Crippen molar-refractivity contribution in [1.29, 1.82) is 0 Å². The van der Waals surface area contributed by atoms with Crippen molar-refractivity contribution in [2.24, 2.45) is 0 Å². The molecular formula is C7H17BrO3Si. The summed E-state index contributed by atoms with van der Waals surface area (Å²) in [6.07, 6.45) is 1.02. The largest absolute Gasteiger partial charge is 0.500 e. The molecule has 0 N–H and O–H groups in total. The zero-order valence-corrected chi connectivity index (χ0v) is 10.5. The highest BCUT2D eigenvalue weighted by Gasteiger charge is 2.37. The van der Waals surface area contributed by atoms with Crippen molar-refractivity contribution in [2.75, 3.05) is 26.2 Å². The number of hydrogen-bond acceptors (Lipinski definition) is 3. The average molecular weight is 257 g/mol. The predicted octanol–water partition coefficient (Wildman–Crippen LogP) is 2.04. The Morgan fingerprint density at radius 2 is 1.83 bits per heavy atom. The Balaban J connectivity index is 3.95. The van der Waals surface area contributed by atoms with Crippen LogP contribution in [0, 0.1) is 0 Å². The van der Waals surface area contributed by atoms with Gasteiger partial charge in [-0.3, -0.25) is 0 Å². The van der Waals surface area contributed by atoms with Crippen molar-refractivity contribution in [3.63, 3.8) is 0 Å². The molecule has 3 nitrogen and oxygen atoms in total. The minimum atomic E-state index is -2.29. The number of alkyl halides is 1. The highest BCUT2D eigenvalue weighted by Crippen LogP contribution is 2.16. The highest BCUT2D eigenvalue weighted by atomic mass is 79.9. The molecule has 0 aliphatic rings. The smallest absolute Gasteiger partial charge is 0.377 e. The van der Waals surface area contributed by atoms with Crippen LogP contribution in [0.25, 0.3) is 0 Å². The van der Waals surface area contributed by atoms with Gasteiger partial charge in [0.15, 0.2) is 0 Å². The zero-order valence-electron chi connectivity index (χ0n) is 7.93. The third-order valence-electron chi connectivity index (χ3n) is 1.60. The molecule has 0 aromatic heterocycles. The van der Waals surface area contributed by atoms with E-state index in [1.165, 1.54) is 0 Å². The average Bonchev–Trinajstić information content (AvgIpc) is 2.13. The minimum absolute atomic E-state index is 0.649. The molecule has 0 rings (SSSR count). The number of hydrogen-bond donors (Lipinski definition) is 0. The Kier molecular flexibility index (Phi) is 7.36. The van der Waals surface area contributed by atoms with Gasteiger partial charge in [-0.2, -0.15) is 0 Å². The summed E-state index contributed by atoms with van der Waals surface area (Å²) in [6, 6.07) is 0.874. The Bertz CT molecular complexity index is 109. The van der Waals surface area contributed by atoms with Crippen LogP contribution in [-0.4, -0.2) is 35.0 Å². The Morgan fingerprint density at radius 3 is 2.17 bits per heavy atom. The van der Waals surface area contributed by atoms with E-state index in [9.17, 15) is 0 Å².